The van der Waals surface area contributed by atoms with Crippen LogP contribution in [0.1, 0.15) is 25.8 Å². The van der Waals surface area contributed by atoms with Crippen LogP contribution in [0, 0.1) is 5.82 Å². The molecule has 0 atom stereocenters. The molecule has 28 heavy (non-hydrogen) atoms. The summed E-state index contributed by atoms with van der Waals surface area (Å²) in [4.78, 5) is 17.4. The summed E-state index contributed by atoms with van der Waals surface area (Å²) in [6, 6.07) is 13.5. The number of rotatable bonds is 8. The molecule has 0 aliphatic heterocycles. The third kappa shape index (κ3) is 4.80. The lowest BCUT2D eigenvalue weighted by Gasteiger charge is -2.13. The number of para-hydroxylation sites is 1. The quantitative estimate of drug-likeness (QED) is 0.366. The Labute approximate surface area is 162 Å². The zero-order chi connectivity index (χ0) is 19.9. The second-order valence-electron chi connectivity index (χ2n) is 6.57. The summed E-state index contributed by atoms with van der Waals surface area (Å²) in [5.41, 5.74) is 3.55. The van der Waals surface area contributed by atoms with E-state index in [0.717, 1.165) is 0 Å². The van der Waals surface area contributed by atoms with Gasteiger partial charge >= 0.3 is 0 Å². The molecule has 6 nitrogen and oxygen atoms in total. The summed E-state index contributed by atoms with van der Waals surface area (Å²) in [6.45, 7) is 4.90. The summed E-state index contributed by atoms with van der Waals surface area (Å²) in [5, 5.41) is 4.61. The van der Waals surface area contributed by atoms with Gasteiger partial charge in [0.25, 0.3) is 5.56 Å². The van der Waals surface area contributed by atoms with Gasteiger partial charge in [-0.25, -0.2) is 14.8 Å². The van der Waals surface area contributed by atoms with E-state index < -0.39 is 0 Å². The molecule has 1 heterocycles. The normalized spacial score (nSPS) is 11.6. The third-order valence-electron chi connectivity index (χ3n) is 4.11. The second kappa shape index (κ2) is 9.23. The summed E-state index contributed by atoms with van der Waals surface area (Å²) >= 11 is 0. The Bertz CT molecular complexity index is 1030. The molecule has 0 aliphatic carbocycles. The molecule has 0 amide bonds. The molecule has 146 valence electrons. The van der Waals surface area contributed by atoms with Crippen molar-refractivity contribution in [3.8, 4) is 0 Å². The van der Waals surface area contributed by atoms with Gasteiger partial charge in [-0.3, -0.25) is 9.36 Å². The van der Waals surface area contributed by atoms with Crippen LogP contribution in [0.15, 0.2) is 58.4 Å². The van der Waals surface area contributed by atoms with Crippen molar-refractivity contribution in [1.29, 1.82) is 0 Å². The van der Waals surface area contributed by atoms with Crippen LogP contribution in [0.4, 0.5) is 10.3 Å². The molecule has 0 aliphatic rings. The third-order valence-corrected chi connectivity index (χ3v) is 4.11. The lowest BCUT2D eigenvalue weighted by molar-refractivity contribution is 0.0748. The standard InChI is InChI=1S/C21H23FN4O2/c1-15(2)28-13-7-12-26-20(27)17-9-4-6-11-19(17)24-21(26)25-23-14-16-8-3-5-10-18(16)22/h3-6,8-11,14-15H,7,12-13H2,1-2H3,(H,24,25)/b23-14-. The van der Waals surface area contributed by atoms with Gasteiger partial charge in [-0.15, -0.1) is 0 Å². The first kappa shape index (κ1) is 19.7. The fourth-order valence-corrected chi connectivity index (χ4v) is 2.74. The molecule has 3 aromatic rings. The van der Waals surface area contributed by atoms with Crippen molar-refractivity contribution in [2.75, 3.05) is 12.0 Å². The molecule has 7 heteroatoms. The zero-order valence-electron chi connectivity index (χ0n) is 15.9. The smallest absolute Gasteiger partial charge is 0.262 e. The van der Waals surface area contributed by atoms with Crippen LogP contribution in [0.25, 0.3) is 10.9 Å². The van der Waals surface area contributed by atoms with E-state index in [2.05, 4.69) is 15.5 Å². The monoisotopic (exact) mass is 382 g/mol. The maximum Gasteiger partial charge on any atom is 0.262 e. The van der Waals surface area contributed by atoms with E-state index in [4.69, 9.17) is 4.74 Å². The molecular formula is C21H23FN4O2. The van der Waals surface area contributed by atoms with Crippen LogP contribution in [-0.4, -0.2) is 28.5 Å². The lowest BCUT2D eigenvalue weighted by atomic mass is 10.2. The average molecular weight is 382 g/mol. The van der Waals surface area contributed by atoms with Crippen molar-refractivity contribution >= 4 is 23.1 Å². The molecule has 1 N–H and O–H groups in total. The number of benzene rings is 2. The highest BCUT2D eigenvalue weighted by Crippen LogP contribution is 2.12. The molecule has 0 saturated heterocycles. The number of nitrogens with one attached hydrogen (secondary N) is 1. The lowest BCUT2D eigenvalue weighted by Crippen LogP contribution is -2.25. The molecule has 0 unspecified atom stereocenters. The van der Waals surface area contributed by atoms with E-state index in [0.29, 0.717) is 42.0 Å². The molecule has 0 radical (unpaired) electrons. The maximum atomic E-state index is 13.7. The summed E-state index contributed by atoms with van der Waals surface area (Å²) in [7, 11) is 0. The van der Waals surface area contributed by atoms with Gasteiger partial charge in [-0.2, -0.15) is 5.10 Å². The molecular weight excluding hydrogens is 359 g/mol. The Balaban J connectivity index is 1.87. The molecule has 0 bridgehead atoms. The largest absolute Gasteiger partial charge is 0.379 e. The van der Waals surface area contributed by atoms with Gasteiger partial charge in [0.1, 0.15) is 5.82 Å². The minimum atomic E-state index is -0.372. The first-order chi connectivity index (χ1) is 13.6. The second-order valence-corrected chi connectivity index (χ2v) is 6.57. The van der Waals surface area contributed by atoms with Crippen LogP contribution in [-0.2, 0) is 11.3 Å². The van der Waals surface area contributed by atoms with Crippen molar-refractivity contribution in [2.45, 2.75) is 32.9 Å². The Morgan fingerprint density at radius 1 is 1.21 bits per heavy atom. The van der Waals surface area contributed by atoms with E-state index in [9.17, 15) is 9.18 Å². The summed E-state index contributed by atoms with van der Waals surface area (Å²) in [6.07, 6.45) is 2.15. The Morgan fingerprint density at radius 2 is 1.96 bits per heavy atom. The summed E-state index contributed by atoms with van der Waals surface area (Å²) in [5.74, 6) is -0.0661. The number of hydrogen-bond acceptors (Lipinski definition) is 5. The van der Waals surface area contributed by atoms with E-state index in [1.807, 2.05) is 19.9 Å². The number of anilines is 1. The highest BCUT2D eigenvalue weighted by molar-refractivity contribution is 5.81. The van der Waals surface area contributed by atoms with Crippen LogP contribution in [0.5, 0.6) is 0 Å². The maximum absolute atomic E-state index is 13.7. The van der Waals surface area contributed by atoms with Crippen molar-refractivity contribution in [3.05, 3.63) is 70.3 Å². The molecule has 0 spiro atoms. The predicted octanol–water partition coefficient (Wildman–Crippen LogP) is 3.80. The highest BCUT2D eigenvalue weighted by atomic mass is 19.1. The highest BCUT2D eigenvalue weighted by Gasteiger charge is 2.10. The predicted molar refractivity (Wildman–Crippen MR) is 109 cm³/mol. The van der Waals surface area contributed by atoms with Gasteiger partial charge in [0.15, 0.2) is 0 Å². The molecule has 0 fully saturated rings. The van der Waals surface area contributed by atoms with Gasteiger partial charge in [-0.1, -0.05) is 30.3 Å². The Kier molecular flexibility index (Phi) is 6.49. The van der Waals surface area contributed by atoms with Crippen molar-refractivity contribution in [3.63, 3.8) is 0 Å². The molecule has 2 aromatic carbocycles. The van der Waals surface area contributed by atoms with Crippen molar-refractivity contribution in [1.82, 2.24) is 9.55 Å². The van der Waals surface area contributed by atoms with E-state index in [1.54, 1.807) is 36.4 Å². The summed E-state index contributed by atoms with van der Waals surface area (Å²) < 4.78 is 20.8. The van der Waals surface area contributed by atoms with Gasteiger partial charge in [0.2, 0.25) is 5.95 Å². The van der Waals surface area contributed by atoms with Crippen LogP contribution >= 0.6 is 0 Å². The van der Waals surface area contributed by atoms with Crippen LogP contribution in [0.3, 0.4) is 0 Å². The van der Waals surface area contributed by atoms with Gasteiger partial charge in [0.05, 0.1) is 23.2 Å². The Hall–Kier alpha value is -3.06. The topological polar surface area (TPSA) is 68.5 Å². The van der Waals surface area contributed by atoms with E-state index in [-0.39, 0.29) is 17.5 Å². The van der Waals surface area contributed by atoms with E-state index >= 15 is 0 Å². The molecule has 1 aromatic heterocycles. The van der Waals surface area contributed by atoms with Gasteiger partial charge in [-0.05, 0) is 38.5 Å². The first-order valence-electron chi connectivity index (χ1n) is 9.21. The molecule has 0 saturated carbocycles. The van der Waals surface area contributed by atoms with Crippen molar-refractivity contribution < 1.29 is 9.13 Å². The van der Waals surface area contributed by atoms with E-state index in [1.165, 1.54) is 16.8 Å². The first-order valence-corrected chi connectivity index (χ1v) is 9.21. The number of ether oxygens (including phenoxy) is 1. The average Bonchev–Trinajstić information content (AvgIpc) is 2.68. The minimum absolute atomic E-state index is 0.134. The number of hydrogen-bond donors (Lipinski definition) is 1. The number of fused-ring (bicyclic) bond motifs is 1. The van der Waals surface area contributed by atoms with Crippen LogP contribution < -0.4 is 11.0 Å². The zero-order valence-corrected chi connectivity index (χ0v) is 15.9. The fourth-order valence-electron chi connectivity index (χ4n) is 2.74. The van der Waals surface area contributed by atoms with Gasteiger partial charge < -0.3 is 4.74 Å². The number of aromatic nitrogens is 2. The number of halogens is 1. The van der Waals surface area contributed by atoms with Crippen LogP contribution in [0.2, 0.25) is 0 Å². The SMILES string of the molecule is CC(C)OCCCn1c(N/N=C\c2ccccc2F)nc2ccccc2c1=O. The van der Waals surface area contributed by atoms with Crippen molar-refractivity contribution in [2.24, 2.45) is 5.10 Å². The number of nitrogens with zero attached hydrogens (tertiary/aromatic N) is 3. The minimum Gasteiger partial charge on any atom is -0.379 e. The number of hydrazone groups is 1. The Morgan fingerprint density at radius 3 is 2.75 bits per heavy atom. The molecule has 3 rings (SSSR count). The van der Waals surface area contributed by atoms with Gasteiger partial charge in [0, 0.05) is 18.7 Å². The fraction of sp³-hybridized carbons (Fsp3) is 0.286.